The summed E-state index contributed by atoms with van der Waals surface area (Å²) in [5.74, 6) is 0.154. The highest BCUT2D eigenvalue weighted by atomic mass is 32.1. The zero-order valence-electron chi connectivity index (χ0n) is 16.2. The van der Waals surface area contributed by atoms with Crippen LogP contribution in [0, 0.1) is 19.7 Å². The number of anilines is 2. The Hall–Kier alpha value is -3.26. The van der Waals surface area contributed by atoms with Gasteiger partial charge in [-0.3, -0.25) is 4.79 Å². The lowest BCUT2D eigenvalue weighted by Crippen LogP contribution is -2.19. The third-order valence-electron chi connectivity index (χ3n) is 4.51. The number of fused-ring (bicyclic) bond motifs is 1. The number of benzene rings is 2. The van der Waals surface area contributed by atoms with E-state index in [-0.39, 0.29) is 11.6 Å². The zero-order chi connectivity index (χ0) is 20.5. The van der Waals surface area contributed by atoms with Crippen molar-refractivity contribution in [2.45, 2.75) is 20.4 Å². The molecule has 2 aromatic carbocycles. The topological polar surface area (TPSA) is 69.0 Å². The third kappa shape index (κ3) is 3.97. The van der Waals surface area contributed by atoms with Crippen molar-refractivity contribution in [3.8, 4) is 5.75 Å². The van der Waals surface area contributed by atoms with Crippen LogP contribution in [0.15, 0.2) is 47.4 Å². The molecule has 4 aromatic rings. The fourth-order valence-electron chi connectivity index (χ4n) is 3.11. The van der Waals surface area contributed by atoms with Crippen molar-refractivity contribution in [3.63, 3.8) is 0 Å². The molecule has 0 aliphatic carbocycles. The second-order valence-corrected chi connectivity index (χ2v) is 7.92. The molecule has 1 N–H and O–H groups in total. The SMILES string of the molecule is COc1cn(Cc2cccc(F)c2)c(Nc2cc3sc(C)nc3cc2C)nc1=O. The molecule has 0 unspecified atom stereocenters. The number of ether oxygens (including phenoxy) is 1. The summed E-state index contributed by atoms with van der Waals surface area (Å²) in [5, 5.41) is 4.24. The van der Waals surface area contributed by atoms with Crippen molar-refractivity contribution in [3.05, 3.63) is 74.9 Å². The second-order valence-electron chi connectivity index (χ2n) is 6.69. The maximum atomic E-state index is 13.6. The Morgan fingerprint density at radius 3 is 2.79 bits per heavy atom. The zero-order valence-corrected chi connectivity index (χ0v) is 17.0. The van der Waals surface area contributed by atoms with Crippen LogP contribution in [-0.2, 0) is 6.54 Å². The van der Waals surface area contributed by atoms with Gasteiger partial charge in [-0.15, -0.1) is 11.3 Å². The van der Waals surface area contributed by atoms with E-state index >= 15 is 0 Å². The van der Waals surface area contributed by atoms with Gasteiger partial charge in [0, 0.05) is 5.69 Å². The molecule has 0 aliphatic rings. The van der Waals surface area contributed by atoms with Crippen LogP contribution < -0.4 is 15.6 Å². The van der Waals surface area contributed by atoms with Crippen LogP contribution in [-0.4, -0.2) is 21.6 Å². The highest BCUT2D eigenvalue weighted by molar-refractivity contribution is 7.18. The van der Waals surface area contributed by atoms with Gasteiger partial charge < -0.3 is 14.6 Å². The number of aromatic nitrogens is 3. The van der Waals surface area contributed by atoms with Crippen molar-refractivity contribution in [2.24, 2.45) is 0 Å². The van der Waals surface area contributed by atoms with Gasteiger partial charge in [-0.25, -0.2) is 9.37 Å². The van der Waals surface area contributed by atoms with E-state index in [1.165, 1.54) is 19.2 Å². The number of rotatable bonds is 5. The van der Waals surface area contributed by atoms with E-state index in [9.17, 15) is 9.18 Å². The van der Waals surface area contributed by atoms with Crippen molar-refractivity contribution in [1.29, 1.82) is 0 Å². The minimum absolute atomic E-state index is 0.122. The molecule has 6 nitrogen and oxygen atoms in total. The monoisotopic (exact) mass is 410 g/mol. The molecule has 0 spiro atoms. The Kier molecular flexibility index (Phi) is 5.02. The summed E-state index contributed by atoms with van der Waals surface area (Å²) < 4.78 is 21.5. The van der Waals surface area contributed by atoms with Crippen LogP contribution in [0.3, 0.4) is 0 Å². The van der Waals surface area contributed by atoms with Gasteiger partial charge >= 0.3 is 5.56 Å². The molecule has 0 saturated heterocycles. The highest BCUT2D eigenvalue weighted by Crippen LogP contribution is 2.29. The van der Waals surface area contributed by atoms with Crippen LogP contribution in [0.25, 0.3) is 10.2 Å². The molecule has 0 atom stereocenters. The summed E-state index contributed by atoms with van der Waals surface area (Å²) in [6.45, 7) is 4.26. The number of methoxy groups -OCH3 is 1. The molecule has 0 aliphatic heterocycles. The van der Waals surface area contributed by atoms with E-state index in [2.05, 4.69) is 15.3 Å². The summed E-state index contributed by atoms with van der Waals surface area (Å²) in [4.78, 5) is 20.9. The van der Waals surface area contributed by atoms with Crippen molar-refractivity contribution >= 4 is 33.2 Å². The predicted octanol–water partition coefficient (Wildman–Crippen LogP) is 4.41. The Labute approximate surface area is 170 Å². The maximum absolute atomic E-state index is 13.6. The molecule has 2 aromatic heterocycles. The van der Waals surface area contributed by atoms with Gasteiger partial charge in [0.25, 0.3) is 0 Å². The van der Waals surface area contributed by atoms with Gasteiger partial charge in [0.05, 0.1) is 35.1 Å². The lowest BCUT2D eigenvalue weighted by Gasteiger charge is -2.16. The largest absolute Gasteiger partial charge is 0.490 e. The number of nitrogens with zero attached hydrogens (tertiary/aromatic N) is 3. The van der Waals surface area contributed by atoms with E-state index in [0.29, 0.717) is 12.5 Å². The molecule has 0 fully saturated rings. The fourth-order valence-corrected chi connectivity index (χ4v) is 3.96. The lowest BCUT2D eigenvalue weighted by atomic mass is 10.2. The number of hydrogen-bond acceptors (Lipinski definition) is 6. The Morgan fingerprint density at radius 2 is 2.03 bits per heavy atom. The van der Waals surface area contributed by atoms with E-state index in [4.69, 9.17) is 4.74 Å². The second kappa shape index (κ2) is 7.63. The van der Waals surface area contributed by atoms with Gasteiger partial charge in [-0.1, -0.05) is 12.1 Å². The molecular formula is C21H19FN4O2S. The summed E-state index contributed by atoms with van der Waals surface area (Å²) in [6.07, 6.45) is 1.58. The quantitative estimate of drug-likeness (QED) is 0.528. The van der Waals surface area contributed by atoms with Crippen LogP contribution in [0.2, 0.25) is 0 Å². The molecule has 0 saturated carbocycles. The van der Waals surface area contributed by atoms with Crippen LogP contribution in [0.4, 0.5) is 16.0 Å². The van der Waals surface area contributed by atoms with Gasteiger partial charge in [-0.05, 0) is 49.2 Å². The van der Waals surface area contributed by atoms with E-state index in [1.807, 2.05) is 32.0 Å². The Balaban J connectivity index is 1.77. The number of hydrogen-bond donors (Lipinski definition) is 1. The standard InChI is InChI=1S/C21H19FN4O2S/c1-12-7-17-19(29-13(2)23-17)9-16(12)24-21-25-20(27)18(28-3)11-26(21)10-14-5-4-6-15(22)8-14/h4-9,11H,10H2,1-3H3,(H,24,25,27). The lowest BCUT2D eigenvalue weighted by molar-refractivity contribution is 0.402. The average molecular weight is 410 g/mol. The van der Waals surface area contributed by atoms with E-state index < -0.39 is 5.56 Å². The summed E-state index contributed by atoms with van der Waals surface area (Å²) in [5.41, 5.74) is 3.01. The first-order valence-electron chi connectivity index (χ1n) is 8.97. The Bertz CT molecular complexity index is 1270. The summed E-state index contributed by atoms with van der Waals surface area (Å²) in [7, 11) is 1.42. The smallest absolute Gasteiger partial charge is 0.316 e. The number of nitrogens with one attached hydrogen (secondary N) is 1. The van der Waals surface area contributed by atoms with E-state index in [1.54, 1.807) is 28.2 Å². The van der Waals surface area contributed by atoms with E-state index in [0.717, 1.165) is 32.0 Å². The van der Waals surface area contributed by atoms with Crippen molar-refractivity contribution in [1.82, 2.24) is 14.5 Å². The van der Waals surface area contributed by atoms with Crippen molar-refractivity contribution < 1.29 is 9.13 Å². The molecule has 0 amide bonds. The first kappa shape index (κ1) is 19.1. The first-order chi connectivity index (χ1) is 13.9. The van der Waals surface area contributed by atoms with Crippen molar-refractivity contribution in [2.75, 3.05) is 12.4 Å². The van der Waals surface area contributed by atoms with Gasteiger partial charge in [0.15, 0.2) is 0 Å². The number of thiazole rings is 1. The molecule has 8 heteroatoms. The minimum Gasteiger partial charge on any atom is -0.490 e. The highest BCUT2D eigenvalue weighted by Gasteiger charge is 2.13. The van der Waals surface area contributed by atoms with Gasteiger partial charge in [0.1, 0.15) is 5.82 Å². The summed E-state index contributed by atoms with van der Waals surface area (Å²) in [6, 6.07) is 10.3. The molecule has 4 rings (SSSR count). The summed E-state index contributed by atoms with van der Waals surface area (Å²) >= 11 is 1.60. The minimum atomic E-state index is -0.474. The average Bonchev–Trinajstić information content (AvgIpc) is 3.03. The Morgan fingerprint density at radius 1 is 1.21 bits per heavy atom. The van der Waals surface area contributed by atoms with Gasteiger partial charge in [-0.2, -0.15) is 4.98 Å². The normalized spacial score (nSPS) is 11.0. The molecule has 0 bridgehead atoms. The molecular weight excluding hydrogens is 391 g/mol. The van der Waals surface area contributed by atoms with Crippen LogP contribution >= 0.6 is 11.3 Å². The number of halogens is 1. The maximum Gasteiger partial charge on any atom is 0.316 e. The molecule has 29 heavy (non-hydrogen) atoms. The predicted molar refractivity (Wildman–Crippen MR) is 113 cm³/mol. The third-order valence-corrected chi connectivity index (χ3v) is 5.45. The molecule has 2 heterocycles. The fraction of sp³-hybridized carbons (Fsp3) is 0.190. The number of aryl methyl sites for hydroxylation is 2. The van der Waals surface area contributed by atoms with Crippen LogP contribution in [0.5, 0.6) is 5.75 Å². The molecule has 0 radical (unpaired) electrons. The molecule has 148 valence electrons. The van der Waals surface area contributed by atoms with Gasteiger partial charge in [0.2, 0.25) is 11.7 Å². The first-order valence-corrected chi connectivity index (χ1v) is 9.79. The van der Waals surface area contributed by atoms with Crippen LogP contribution in [0.1, 0.15) is 16.1 Å².